The maximum atomic E-state index is 13.1. The lowest BCUT2D eigenvalue weighted by atomic mass is 10.1. The normalized spacial score (nSPS) is 11.4. The Hall–Kier alpha value is -3.49. The minimum atomic E-state index is -0.293. The van der Waals surface area contributed by atoms with Gasteiger partial charge in [-0.25, -0.2) is 9.37 Å². The van der Waals surface area contributed by atoms with E-state index in [0.29, 0.717) is 22.0 Å². The summed E-state index contributed by atoms with van der Waals surface area (Å²) in [5, 5.41) is 12.0. The van der Waals surface area contributed by atoms with Crippen molar-refractivity contribution < 1.29 is 8.81 Å². The number of thiazole rings is 1. The third-order valence-corrected chi connectivity index (χ3v) is 5.12. The number of halogens is 1. The maximum absolute atomic E-state index is 13.1. The number of nitrogens with zero attached hydrogens (tertiary/aromatic N) is 2. The molecule has 0 atom stereocenters. The average Bonchev–Trinajstić information content (AvgIpc) is 3.37. The van der Waals surface area contributed by atoms with Crippen LogP contribution in [0, 0.1) is 24.1 Å². The number of aromatic nitrogens is 1. The smallest absolute Gasteiger partial charge is 0.134 e. The van der Waals surface area contributed by atoms with Gasteiger partial charge in [-0.2, -0.15) is 5.26 Å². The summed E-state index contributed by atoms with van der Waals surface area (Å²) in [5.74, 6) is 1.04. The first kappa shape index (κ1) is 17.9. The van der Waals surface area contributed by atoms with Crippen LogP contribution in [0.2, 0.25) is 0 Å². The molecule has 0 amide bonds. The Morgan fingerprint density at radius 1 is 1.04 bits per heavy atom. The van der Waals surface area contributed by atoms with Crippen LogP contribution in [0.15, 0.2) is 70.5 Å². The van der Waals surface area contributed by atoms with Crippen molar-refractivity contribution in [3.05, 3.63) is 88.2 Å². The standard InChI is InChI=1S/C23H15FN2OS/c1-15-2-4-17(5-3-15)22-11-10-20(27-22)12-18(13-25)23-26-21(14-28-23)16-6-8-19(24)9-7-16/h2-12,14H,1H3/b18-12+. The van der Waals surface area contributed by atoms with Crippen molar-refractivity contribution in [2.24, 2.45) is 0 Å². The predicted molar refractivity (Wildman–Crippen MR) is 110 cm³/mol. The molecule has 3 nitrogen and oxygen atoms in total. The average molecular weight is 386 g/mol. The van der Waals surface area contributed by atoms with Crippen molar-refractivity contribution in [3.8, 4) is 28.7 Å². The fourth-order valence-corrected chi connectivity index (χ4v) is 3.53. The van der Waals surface area contributed by atoms with E-state index in [1.807, 2.05) is 48.7 Å². The molecule has 0 aliphatic carbocycles. The topological polar surface area (TPSA) is 49.8 Å². The third-order valence-electron chi connectivity index (χ3n) is 4.24. The molecule has 2 aromatic carbocycles. The summed E-state index contributed by atoms with van der Waals surface area (Å²) < 4.78 is 19.0. The third kappa shape index (κ3) is 3.78. The number of allylic oxidation sites excluding steroid dienone is 1. The van der Waals surface area contributed by atoms with Crippen LogP contribution < -0.4 is 0 Å². The summed E-state index contributed by atoms with van der Waals surface area (Å²) in [6.07, 6.45) is 1.69. The first-order valence-electron chi connectivity index (χ1n) is 8.63. The Labute approximate surface area is 166 Å². The van der Waals surface area contributed by atoms with Crippen LogP contribution in [0.5, 0.6) is 0 Å². The zero-order valence-corrected chi connectivity index (χ0v) is 15.8. The number of rotatable bonds is 4. The summed E-state index contributed by atoms with van der Waals surface area (Å²) in [4.78, 5) is 4.52. The number of benzene rings is 2. The summed E-state index contributed by atoms with van der Waals surface area (Å²) in [5.41, 5.74) is 4.10. The van der Waals surface area contributed by atoms with Gasteiger partial charge in [0.25, 0.3) is 0 Å². The fourth-order valence-electron chi connectivity index (χ4n) is 2.74. The van der Waals surface area contributed by atoms with Gasteiger partial charge < -0.3 is 4.42 Å². The van der Waals surface area contributed by atoms with Crippen LogP contribution in [0.3, 0.4) is 0 Å². The van der Waals surface area contributed by atoms with E-state index >= 15 is 0 Å². The molecule has 4 aromatic rings. The first-order chi connectivity index (χ1) is 13.6. The maximum Gasteiger partial charge on any atom is 0.134 e. The Kier molecular flexibility index (Phi) is 4.88. The van der Waals surface area contributed by atoms with E-state index < -0.39 is 0 Å². The van der Waals surface area contributed by atoms with Gasteiger partial charge in [0.1, 0.15) is 28.4 Å². The molecule has 0 saturated carbocycles. The zero-order valence-electron chi connectivity index (χ0n) is 15.0. The van der Waals surface area contributed by atoms with Gasteiger partial charge >= 0.3 is 0 Å². The molecule has 136 valence electrons. The van der Waals surface area contributed by atoms with Crippen molar-refractivity contribution in [2.75, 3.05) is 0 Å². The van der Waals surface area contributed by atoms with E-state index in [4.69, 9.17) is 4.42 Å². The molecule has 5 heteroatoms. The van der Waals surface area contributed by atoms with Crippen molar-refractivity contribution in [1.29, 1.82) is 5.26 Å². The summed E-state index contributed by atoms with van der Waals surface area (Å²) in [7, 11) is 0. The number of aryl methyl sites for hydroxylation is 1. The van der Waals surface area contributed by atoms with Gasteiger partial charge in [-0.05, 0) is 43.3 Å². The second-order valence-corrected chi connectivity index (χ2v) is 7.14. The molecule has 4 rings (SSSR count). The molecule has 0 N–H and O–H groups in total. The van der Waals surface area contributed by atoms with Crippen LogP contribution >= 0.6 is 11.3 Å². The Balaban J connectivity index is 1.61. The lowest BCUT2D eigenvalue weighted by molar-refractivity contribution is 0.572. The van der Waals surface area contributed by atoms with Gasteiger partial charge in [0.05, 0.1) is 11.3 Å². The van der Waals surface area contributed by atoms with Crippen LogP contribution in [0.25, 0.3) is 34.2 Å². The molecular formula is C23H15FN2OS. The highest BCUT2D eigenvalue weighted by Crippen LogP contribution is 2.29. The highest BCUT2D eigenvalue weighted by Gasteiger charge is 2.11. The lowest BCUT2D eigenvalue weighted by Crippen LogP contribution is -1.83. The quantitative estimate of drug-likeness (QED) is 0.372. The molecule has 0 saturated heterocycles. The predicted octanol–water partition coefficient (Wildman–Crippen LogP) is 6.58. The van der Waals surface area contributed by atoms with Crippen LogP contribution in [0.1, 0.15) is 16.3 Å². The SMILES string of the molecule is Cc1ccc(-c2ccc(/C=C(\C#N)c3nc(-c4ccc(F)cc4)cs3)o2)cc1. The molecule has 0 fully saturated rings. The fraction of sp³-hybridized carbons (Fsp3) is 0.0435. The van der Waals surface area contributed by atoms with Gasteiger partial charge in [-0.3, -0.25) is 0 Å². The molecule has 2 heterocycles. The molecule has 0 radical (unpaired) electrons. The summed E-state index contributed by atoms with van der Waals surface area (Å²) in [6.45, 7) is 2.04. The second kappa shape index (κ2) is 7.63. The Bertz CT molecular complexity index is 1180. The molecule has 2 aromatic heterocycles. The van der Waals surface area contributed by atoms with E-state index in [9.17, 15) is 9.65 Å². The van der Waals surface area contributed by atoms with E-state index in [0.717, 1.165) is 16.9 Å². The van der Waals surface area contributed by atoms with Crippen molar-refractivity contribution >= 4 is 23.0 Å². The largest absolute Gasteiger partial charge is 0.457 e. The van der Waals surface area contributed by atoms with Gasteiger partial charge in [-0.15, -0.1) is 11.3 Å². The van der Waals surface area contributed by atoms with Crippen LogP contribution in [-0.4, -0.2) is 4.98 Å². The summed E-state index contributed by atoms with van der Waals surface area (Å²) >= 11 is 1.37. The Morgan fingerprint density at radius 3 is 2.46 bits per heavy atom. The molecule has 0 bridgehead atoms. The van der Waals surface area contributed by atoms with E-state index in [-0.39, 0.29) is 5.82 Å². The van der Waals surface area contributed by atoms with Crippen molar-refractivity contribution in [3.63, 3.8) is 0 Å². The van der Waals surface area contributed by atoms with Gasteiger partial charge in [0.15, 0.2) is 0 Å². The monoisotopic (exact) mass is 386 g/mol. The van der Waals surface area contributed by atoms with Crippen molar-refractivity contribution in [1.82, 2.24) is 4.98 Å². The lowest BCUT2D eigenvalue weighted by Gasteiger charge is -1.98. The minimum Gasteiger partial charge on any atom is -0.457 e. The number of furan rings is 1. The van der Waals surface area contributed by atoms with Gasteiger partial charge in [0, 0.05) is 22.6 Å². The van der Waals surface area contributed by atoms with E-state index in [1.165, 1.54) is 29.0 Å². The van der Waals surface area contributed by atoms with Crippen LogP contribution in [-0.2, 0) is 0 Å². The zero-order chi connectivity index (χ0) is 19.5. The molecular weight excluding hydrogens is 371 g/mol. The number of nitriles is 1. The molecule has 0 aliphatic heterocycles. The van der Waals surface area contributed by atoms with Gasteiger partial charge in [0.2, 0.25) is 0 Å². The van der Waals surface area contributed by atoms with E-state index in [1.54, 1.807) is 18.2 Å². The van der Waals surface area contributed by atoms with Crippen LogP contribution in [0.4, 0.5) is 4.39 Å². The van der Waals surface area contributed by atoms with Gasteiger partial charge in [-0.1, -0.05) is 29.8 Å². The minimum absolute atomic E-state index is 0.293. The molecule has 28 heavy (non-hydrogen) atoms. The highest BCUT2D eigenvalue weighted by molar-refractivity contribution is 7.11. The highest BCUT2D eigenvalue weighted by atomic mass is 32.1. The number of hydrogen-bond acceptors (Lipinski definition) is 4. The molecule has 0 unspecified atom stereocenters. The number of hydrogen-bond donors (Lipinski definition) is 0. The molecule has 0 aliphatic rings. The Morgan fingerprint density at radius 2 is 1.75 bits per heavy atom. The first-order valence-corrected chi connectivity index (χ1v) is 9.51. The van der Waals surface area contributed by atoms with E-state index in [2.05, 4.69) is 11.1 Å². The summed E-state index contributed by atoms with van der Waals surface area (Å²) in [6, 6.07) is 20.1. The molecule has 0 spiro atoms. The second-order valence-electron chi connectivity index (χ2n) is 6.28. The van der Waals surface area contributed by atoms with Crippen molar-refractivity contribution in [2.45, 2.75) is 6.92 Å².